The van der Waals surface area contributed by atoms with Gasteiger partial charge in [0.1, 0.15) is 18.0 Å². The number of hydrogen-bond acceptors (Lipinski definition) is 8. The minimum Gasteiger partial charge on any atom is -0.445 e. The third kappa shape index (κ3) is 7.39. The number of halogens is 3. The number of carbonyl (C=O) groups excluding carboxylic acids is 2. The van der Waals surface area contributed by atoms with Crippen molar-refractivity contribution < 1.29 is 35.9 Å². The van der Waals surface area contributed by atoms with Crippen molar-refractivity contribution in [1.29, 1.82) is 5.26 Å². The Labute approximate surface area is 282 Å². The standard InChI is InChI=1S/C34H37F3N6O5S/c1-23-17-31(43(40-23)25-11-15-41(16-12-25)32(45)48-21-24-7-3-2-4-8-24)42-20-27(18-26(42)19-30(44)39-33(22-38)13-14-33)49(46,47)29-10-6-5-9-28(29)34(35,36)37/h2-10,17,25-27H,11-16,18-21H2,1H3,(H,39,44). The van der Waals surface area contributed by atoms with Gasteiger partial charge in [0.25, 0.3) is 0 Å². The Morgan fingerprint density at radius 2 is 1.76 bits per heavy atom. The highest BCUT2D eigenvalue weighted by molar-refractivity contribution is 7.92. The van der Waals surface area contributed by atoms with Crippen molar-refractivity contribution in [2.75, 3.05) is 24.5 Å². The van der Waals surface area contributed by atoms with Crippen LogP contribution in [0.2, 0.25) is 0 Å². The monoisotopic (exact) mass is 698 g/mol. The molecule has 0 radical (unpaired) electrons. The number of hydrogen-bond donors (Lipinski definition) is 1. The highest BCUT2D eigenvalue weighted by Gasteiger charge is 2.48. The van der Waals surface area contributed by atoms with Crippen molar-refractivity contribution in [3.05, 3.63) is 77.5 Å². The smallest absolute Gasteiger partial charge is 0.417 e. The predicted molar refractivity (Wildman–Crippen MR) is 172 cm³/mol. The molecule has 2 saturated heterocycles. The number of rotatable bonds is 9. The average Bonchev–Trinajstić information content (AvgIpc) is 3.55. The molecule has 1 N–H and O–H groups in total. The van der Waals surface area contributed by atoms with E-state index in [4.69, 9.17) is 9.84 Å². The Morgan fingerprint density at radius 3 is 2.41 bits per heavy atom. The summed E-state index contributed by atoms with van der Waals surface area (Å²) in [7, 11) is -4.50. The van der Waals surface area contributed by atoms with Gasteiger partial charge in [0, 0.05) is 38.2 Å². The number of nitrogens with one attached hydrogen (secondary N) is 1. The second kappa shape index (κ2) is 13.4. The van der Waals surface area contributed by atoms with Crippen LogP contribution in [-0.2, 0) is 32.2 Å². The number of aryl methyl sites for hydroxylation is 1. The van der Waals surface area contributed by atoms with E-state index in [-0.39, 0.29) is 32.0 Å². The van der Waals surface area contributed by atoms with Gasteiger partial charge in [-0.15, -0.1) is 0 Å². The van der Waals surface area contributed by atoms with Crippen LogP contribution in [0.1, 0.15) is 61.4 Å². The quantitative estimate of drug-likeness (QED) is 0.323. The van der Waals surface area contributed by atoms with E-state index >= 15 is 0 Å². The largest absolute Gasteiger partial charge is 0.445 e. The lowest BCUT2D eigenvalue weighted by Crippen LogP contribution is -2.42. The minimum absolute atomic E-state index is 0.0998. The van der Waals surface area contributed by atoms with Gasteiger partial charge in [-0.25, -0.2) is 17.9 Å². The summed E-state index contributed by atoms with van der Waals surface area (Å²) in [6, 6.07) is 16.5. The lowest BCUT2D eigenvalue weighted by Gasteiger charge is -2.34. The first-order valence-corrected chi connectivity index (χ1v) is 17.7. The Morgan fingerprint density at radius 1 is 1.08 bits per heavy atom. The van der Waals surface area contributed by atoms with Crippen LogP contribution >= 0.6 is 0 Å². The summed E-state index contributed by atoms with van der Waals surface area (Å²) in [6.07, 6.45) is -3.49. The number of nitrogens with zero attached hydrogens (tertiary/aromatic N) is 5. The van der Waals surface area contributed by atoms with Crippen LogP contribution in [0, 0.1) is 18.3 Å². The van der Waals surface area contributed by atoms with Crippen LogP contribution in [0.5, 0.6) is 0 Å². The maximum atomic E-state index is 13.9. The van der Waals surface area contributed by atoms with Gasteiger partial charge in [-0.1, -0.05) is 42.5 Å². The van der Waals surface area contributed by atoms with E-state index in [1.165, 1.54) is 6.07 Å². The SMILES string of the molecule is Cc1cc(N2CC(S(=O)(=O)c3ccccc3C(F)(F)F)CC2CC(=O)NC2(C#N)CC2)n(C2CCN(C(=O)OCc3ccccc3)CC2)n1. The van der Waals surface area contributed by atoms with Gasteiger partial charge in [0.05, 0.1) is 33.5 Å². The summed E-state index contributed by atoms with van der Waals surface area (Å²) >= 11 is 0. The number of likely N-dealkylation sites (tertiary alicyclic amines) is 1. The zero-order valence-corrected chi connectivity index (χ0v) is 27.7. The van der Waals surface area contributed by atoms with Crippen molar-refractivity contribution >= 4 is 27.7 Å². The van der Waals surface area contributed by atoms with Crippen molar-refractivity contribution in [2.45, 2.75) is 86.0 Å². The second-order valence-electron chi connectivity index (χ2n) is 13.0. The molecule has 15 heteroatoms. The van der Waals surface area contributed by atoms with Crippen LogP contribution in [0.25, 0.3) is 0 Å². The fraction of sp³-hybridized carbons (Fsp3) is 0.471. The maximum Gasteiger partial charge on any atom is 0.417 e. The molecule has 1 saturated carbocycles. The van der Waals surface area contributed by atoms with Crippen molar-refractivity contribution in [2.24, 2.45) is 0 Å². The molecule has 0 spiro atoms. The summed E-state index contributed by atoms with van der Waals surface area (Å²) in [5.41, 5.74) is -0.662. The number of nitriles is 1. The number of ether oxygens (including phenoxy) is 1. The van der Waals surface area contributed by atoms with E-state index in [9.17, 15) is 36.4 Å². The fourth-order valence-corrected chi connectivity index (χ4v) is 8.66. The van der Waals surface area contributed by atoms with E-state index in [0.717, 1.165) is 23.8 Å². The molecule has 3 fully saturated rings. The molecule has 0 bridgehead atoms. The summed E-state index contributed by atoms with van der Waals surface area (Å²) in [6.45, 7) is 2.56. The Bertz CT molecular complexity index is 1850. The van der Waals surface area contributed by atoms with Gasteiger partial charge in [0.15, 0.2) is 9.84 Å². The summed E-state index contributed by atoms with van der Waals surface area (Å²) in [5.74, 6) is 0.108. The molecule has 6 rings (SSSR count). The molecule has 1 aliphatic carbocycles. The first-order chi connectivity index (χ1) is 23.3. The molecule has 49 heavy (non-hydrogen) atoms. The fourth-order valence-electron chi connectivity index (χ4n) is 6.71. The normalized spacial score (nSPS) is 20.9. The van der Waals surface area contributed by atoms with Gasteiger partial charge in [-0.05, 0) is 56.7 Å². The zero-order chi connectivity index (χ0) is 35.0. The predicted octanol–water partition coefficient (Wildman–Crippen LogP) is 5.17. The molecular formula is C34H37F3N6O5S. The van der Waals surface area contributed by atoms with Gasteiger partial charge in [0.2, 0.25) is 5.91 Å². The number of amides is 2. The molecule has 2 atom stereocenters. The van der Waals surface area contributed by atoms with Crippen LogP contribution in [0.3, 0.4) is 0 Å². The zero-order valence-electron chi connectivity index (χ0n) is 26.9. The number of piperidine rings is 1. The third-order valence-electron chi connectivity index (χ3n) is 9.48. The average molecular weight is 699 g/mol. The van der Waals surface area contributed by atoms with E-state index < -0.39 is 55.3 Å². The third-order valence-corrected chi connectivity index (χ3v) is 11.7. The first-order valence-electron chi connectivity index (χ1n) is 16.2. The van der Waals surface area contributed by atoms with Gasteiger partial charge in [-0.3, -0.25) is 4.79 Å². The molecule has 260 valence electrons. The molecule has 2 aliphatic heterocycles. The molecular weight excluding hydrogens is 661 g/mol. The maximum absolute atomic E-state index is 13.9. The molecule has 1 aromatic heterocycles. The molecule has 2 unspecified atom stereocenters. The second-order valence-corrected chi connectivity index (χ2v) is 15.2. The van der Waals surface area contributed by atoms with Gasteiger partial charge >= 0.3 is 12.3 Å². The van der Waals surface area contributed by atoms with E-state index in [1.54, 1.807) is 27.5 Å². The molecule has 2 amide bonds. The van der Waals surface area contributed by atoms with Gasteiger partial charge < -0.3 is 19.9 Å². The Kier molecular flexibility index (Phi) is 9.36. The summed E-state index contributed by atoms with van der Waals surface area (Å²) < 4.78 is 76.8. The molecule has 11 nitrogen and oxygen atoms in total. The van der Waals surface area contributed by atoms with Gasteiger partial charge in [-0.2, -0.15) is 23.5 Å². The number of benzene rings is 2. The number of carbonyl (C=O) groups is 2. The molecule has 2 aromatic carbocycles. The highest BCUT2D eigenvalue weighted by Crippen LogP contribution is 2.41. The molecule has 3 heterocycles. The number of sulfone groups is 1. The topological polar surface area (TPSA) is 138 Å². The van der Waals surface area contributed by atoms with Crippen molar-refractivity contribution in [1.82, 2.24) is 20.0 Å². The van der Waals surface area contributed by atoms with Crippen molar-refractivity contribution in [3.8, 4) is 6.07 Å². The van der Waals surface area contributed by atoms with Crippen LogP contribution in [0.15, 0.2) is 65.6 Å². The van der Waals surface area contributed by atoms with Crippen LogP contribution < -0.4 is 10.2 Å². The summed E-state index contributed by atoms with van der Waals surface area (Å²) in [5, 5.41) is 15.7. The number of aromatic nitrogens is 2. The van der Waals surface area contributed by atoms with Crippen molar-refractivity contribution in [3.63, 3.8) is 0 Å². The van der Waals surface area contributed by atoms with E-state index in [1.807, 2.05) is 30.3 Å². The van der Waals surface area contributed by atoms with Crippen LogP contribution in [0.4, 0.5) is 23.8 Å². The number of anilines is 1. The molecule has 3 aromatic rings. The highest BCUT2D eigenvalue weighted by atomic mass is 32.2. The molecule has 3 aliphatic rings. The minimum atomic E-state index is -4.88. The Balaban J connectivity index is 1.23. The lowest BCUT2D eigenvalue weighted by atomic mass is 10.1. The number of alkyl halides is 3. The van der Waals surface area contributed by atoms with E-state index in [2.05, 4.69) is 11.4 Å². The lowest BCUT2D eigenvalue weighted by molar-refractivity contribution is -0.139. The van der Waals surface area contributed by atoms with E-state index in [0.29, 0.717) is 50.3 Å². The Hall–Kier alpha value is -4.58. The summed E-state index contributed by atoms with van der Waals surface area (Å²) in [4.78, 5) is 28.6. The first kappa shape index (κ1) is 34.3. The van der Waals surface area contributed by atoms with Crippen LogP contribution in [-0.4, -0.2) is 71.6 Å².